The van der Waals surface area contributed by atoms with Crippen LogP contribution in [0.4, 0.5) is 0 Å². The summed E-state index contributed by atoms with van der Waals surface area (Å²) in [7, 11) is 2.99. The largest absolute Gasteiger partial charge is 0.496 e. The molecule has 0 unspecified atom stereocenters. The Kier molecular flexibility index (Phi) is 18.4. The highest BCUT2D eigenvalue weighted by Crippen LogP contribution is 2.35. The highest BCUT2D eigenvalue weighted by Gasteiger charge is 2.28. The number of carbonyl (C=O) groups excluding carboxylic acids is 5. The topological polar surface area (TPSA) is 190 Å². The van der Waals surface area contributed by atoms with E-state index >= 15 is 0 Å². The van der Waals surface area contributed by atoms with E-state index in [9.17, 15) is 24.0 Å². The number of carbonyl (C=O) groups is 5. The van der Waals surface area contributed by atoms with Crippen LogP contribution in [0.25, 0.3) is 0 Å². The van der Waals surface area contributed by atoms with Gasteiger partial charge in [0.1, 0.15) is 23.6 Å². The molecule has 0 radical (unpaired) electrons. The third-order valence-electron chi connectivity index (χ3n) is 9.31. The lowest BCUT2D eigenvalue weighted by molar-refractivity contribution is -0.138. The first-order valence-electron chi connectivity index (χ1n) is 18.8. The summed E-state index contributed by atoms with van der Waals surface area (Å²) >= 11 is 0. The maximum atomic E-state index is 13.7. The van der Waals surface area contributed by atoms with Crippen molar-refractivity contribution in [3.63, 3.8) is 0 Å². The zero-order valence-electron chi connectivity index (χ0n) is 32.6. The molecule has 304 valence electrons. The number of unbranched alkanes of at least 4 members (excludes halogenated alkanes) is 1. The fourth-order valence-corrected chi connectivity index (χ4v) is 6.09. The van der Waals surface area contributed by atoms with E-state index in [-0.39, 0.29) is 50.3 Å². The van der Waals surface area contributed by atoms with Crippen molar-refractivity contribution in [3.05, 3.63) is 83.4 Å². The monoisotopic (exact) mass is 794 g/mol. The van der Waals surface area contributed by atoms with Crippen molar-refractivity contribution in [3.8, 4) is 23.0 Å². The predicted octanol–water partition coefficient (Wildman–Crippen LogP) is 4.03. The number of rotatable bonds is 9. The van der Waals surface area contributed by atoms with Gasteiger partial charge in [0.25, 0.3) is 5.91 Å². The summed E-state index contributed by atoms with van der Waals surface area (Å²) in [6.07, 6.45) is 3.79. The molecule has 0 aromatic heterocycles. The first kappa shape index (κ1) is 45.1. The van der Waals surface area contributed by atoms with Gasteiger partial charge >= 0.3 is 0 Å². The minimum absolute atomic E-state index is 0. The predicted molar refractivity (Wildman–Crippen MR) is 215 cm³/mol. The summed E-state index contributed by atoms with van der Waals surface area (Å²) in [5.74, 6) is -0.650. The van der Waals surface area contributed by atoms with E-state index in [1.807, 2.05) is 37.3 Å². The van der Waals surface area contributed by atoms with E-state index in [1.165, 1.54) is 19.1 Å². The Labute approximate surface area is 335 Å². The number of aryl methyl sites for hydroxylation is 1. The van der Waals surface area contributed by atoms with Gasteiger partial charge in [0.05, 0.1) is 26.8 Å². The van der Waals surface area contributed by atoms with E-state index in [1.54, 1.807) is 43.3 Å². The van der Waals surface area contributed by atoms with Gasteiger partial charge in [-0.3, -0.25) is 24.0 Å². The molecule has 3 atom stereocenters. The summed E-state index contributed by atoms with van der Waals surface area (Å²) < 4.78 is 17.2. The molecule has 3 aromatic rings. The van der Waals surface area contributed by atoms with Crippen molar-refractivity contribution >= 4 is 41.9 Å². The standard InChI is InChI=1S/C41H54N6O8.ClH/c1-5-6-14-32(42)41(52)47-22-11-10-21-43-39(50)29-17-20-34(53-3)36(23-29)55-31-18-16-30(35(24-31)54-4)25-44-38(49)27(2)45-40(51)33(46-37(48)26-47)19-15-28-12-8-7-9-13-28;/h7-9,12-13,16-18,20,23-24,27,32-33H,5-6,10-11,14-15,19,21-22,25-26,42H2,1-4H3,(H,43,50)(H,44,49)(H,45,51)(H,46,48);1H/t27-,32-,33-;/m0./s1. The summed E-state index contributed by atoms with van der Waals surface area (Å²) in [5, 5.41) is 11.3. The summed E-state index contributed by atoms with van der Waals surface area (Å²) in [4.78, 5) is 68.5. The number of nitrogens with zero attached hydrogens (tertiary/aromatic N) is 1. The van der Waals surface area contributed by atoms with Crippen LogP contribution >= 0.6 is 12.4 Å². The molecule has 0 saturated heterocycles. The maximum absolute atomic E-state index is 13.7. The average molecular weight is 795 g/mol. The van der Waals surface area contributed by atoms with E-state index in [0.717, 1.165) is 18.4 Å². The molecule has 5 amide bonds. The second-order valence-corrected chi connectivity index (χ2v) is 13.5. The molecule has 5 rings (SSSR count). The SMILES string of the molecule is CCCC[C@H](N)C(=O)N1CCCCNC(=O)c2ccc(OC)c(c2)Oc2ccc(c(OC)c2)CNC(=O)[C@H](C)NC(=O)[C@H](CCc2ccccc2)NC(=O)C1.Cl. The smallest absolute Gasteiger partial charge is 0.251 e. The Hall–Kier alpha value is -5.34. The quantitative estimate of drug-likeness (QED) is 0.199. The molecule has 15 heteroatoms. The number of amides is 5. The highest BCUT2D eigenvalue weighted by atomic mass is 35.5. The van der Waals surface area contributed by atoms with Gasteiger partial charge in [-0.1, -0.05) is 50.1 Å². The number of hydrogen-bond acceptors (Lipinski definition) is 9. The Bertz CT molecular complexity index is 1780. The fraction of sp³-hybridized carbons (Fsp3) is 0.439. The fourth-order valence-electron chi connectivity index (χ4n) is 6.09. The molecule has 0 fully saturated rings. The number of nitrogens with two attached hydrogens (primary N) is 1. The van der Waals surface area contributed by atoms with Crippen LogP contribution in [0, 0.1) is 0 Å². The minimum Gasteiger partial charge on any atom is -0.496 e. The van der Waals surface area contributed by atoms with Crippen LogP contribution < -0.4 is 41.2 Å². The lowest BCUT2D eigenvalue weighted by Crippen LogP contribution is -2.55. The number of fused-ring (bicyclic) bond motifs is 18. The van der Waals surface area contributed by atoms with Crippen LogP contribution in [0.3, 0.4) is 0 Å². The van der Waals surface area contributed by atoms with Crippen LogP contribution in [-0.4, -0.2) is 86.4 Å². The van der Waals surface area contributed by atoms with E-state index in [2.05, 4.69) is 21.3 Å². The van der Waals surface area contributed by atoms with Crippen molar-refractivity contribution in [2.24, 2.45) is 5.73 Å². The third kappa shape index (κ3) is 13.4. The van der Waals surface area contributed by atoms with Gasteiger partial charge < -0.3 is 46.1 Å². The molecule has 14 nitrogen and oxygen atoms in total. The first-order valence-corrected chi connectivity index (χ1v) is 18.8. The first-order chi connectivity index (χ1) is 26.5. The van der Waals surface area contributed by atoms with Crippen LogP contribution in [0.5, 0.6) is 23.0 Å². The van der Waals surface area contributed by atoms with Gasteiger partial charge in [-0.05, 0) is 74.9 Å². The zero-order valence-corrected chi connectivity index (χ0v) is 33.4. The number of ether oxygens (including phenoxy) is 3. The molecule has 2 aliphatic rings. The Morgan fingerprint density at radius 1 is 0.929 bits per heavy atom. The van der Waals surface area contributed by atoms with Crippen molar-refractivity contribution < 1.29 is 38.2 Å². The maximum Gasteiger partial charge on any atom is 0.251 e. The molecule has 4 bridgehead atoms. The molecule has 56 heavy (non-hydrogen) atoms. The van der Waals surface area contributed by atoms with Crippen LogP contribution in [-0.2, 0) is 32.1 Å². The summed E-state index contributed by atoms with van der Waals surface area (Å²) in [6, 6.07) is 16.7. The van der Waals surface area contributed by atoms with Crippen molar-refractivity contribution in [1.82, 2.24) is 26.2 Å². The van der Waals surface area contributed by atoms with Crippen LogP contribution in [0.1, 0.15) is 73.9 Å². The van der Waals surface area contributed by atoms with E-state index in [4.69, 9.17) is 19.9 Å². The van der Waals surface area contributed by atoms with Crippen molar-refractivity contribution in [2.45, 2.75) is 83.5 Å². The lowest BCUT2D eigenvalue weighted by atomic mass is 10.0. The lowest BCUT2D eigenvalue weighted by Gasteiger charge is -2.27. The molecule has 0 saturated carbocycles. The normalized spacial score (nSPS) is 18.0. The third-order valence-corrected chi connectivity index (χ3v) is 9.31. The Balaban J connectivity index is 0.00000841. The molecule has 2 heterocycles. The second kappa shape index (κ2) is 22.9. The van der Waals surface area contributed by atoms with Gasteiger partial charge in [0, 0.05) is 36.8 Å². The molecular weight excluding hydrogens is 740 g/mol. The summed E-state index contributed by atoms with van der Waals surface area (Å²) in [5.41, 5.74) is 8.24. The highest BCUT2D eigenvalue weighted by molar-refractivity contribution is 5.95. The zero-order chi connectivity index (χ0) is 39.7. The van der Waals surface area contributed by atoms with Crippen LogP contribution in [0.15, 0.2) is 66.7 Å². The van der Waals surface area contributed by atoms with E-state index < -0.39 is 35.8 Å². The minimum atomic E-state index is -0.998. The number of methoxy groups -OCH3 is 2. The number of nitrogens with one attached hydrogen (secondary N) is 4. The summed E-state index contributed by atoms with van der Waals surface area (Å²) in [6.45, 7) is 3.85. The van der Waals surface area contributed by atoms with E-state index in [0.29, 0.717) is 66.4 Å². The van der Waals surface area contributed by atoms with Gasteiger partial charge in [-0.15, -0.1) is 12.4 Å². The Morgan fingerprint density at radius 3 is 2.39 bits per heavy atom. The van der Waals surface area contributed by atoms with Gasteiger partial charge in [-0.25, -0.2) is 0 Å². The van der Waals surface area contributed by atoms with Gasteiger partial charge in [-0.2, -0.15) is 0 Å². The average Bonchev–Trinajstić information content (AvgIpc) is 3.19. The van der Waals surface area contributed by atoms with Crippen molar-refractivity contribution in [2.75, 3.05) is 33.9 Å². The van der Waals surface area contributed by atoms with Gasteiger partial charge in [0.15, 0.2) is 11.5 Å². The second-order valence-electron chi connectivity index (χ2n) is 13.5. The molecule has 2 aliphatic heterocycles. The number of benzene rings is 3. The van der Waals surface area contributed by atoms with Crippen molar-refractivity contribution in [1.29, 1.82) is 0 Å². The molecule has 3 aromatic carbocycles. The van der Waals surface area contributed by atoms with Crippen LogP contribution in [0.2, 0.25) is 0 Å². The number of hydrogen-bond donors (Lipinski definition) is 5. The van der Waals surface area contributed by atoms with Gasteiger partial charge in [0.2, 0.25) is 23.6 Å². The molecular formula is C41H55ClN6O8. The number of halogens is 1. The molecule has 6 N–H and O–H groups in total. The molecule has 0 spiro atoms. The Morgan fingerprint density at radius 2 is 1.68 bits per heavy atom. The molecule has 0 aliphatic carbocycles.